The molecule has 0 atom stereocenters. The molecule has 0 aliphatic carbocycles. The Morgan fingerprint density at radius 3 is 2.33 bits per heavy atom. The van der Waals surface area contributed by atoms with Crippen LogP contribution in [-0.4, -0.2) is 22.7 Å². The Labute approximate surface area is 149 Å². The Morgan fingerprint density at radius 2 is 1.71 bits per heavy atom. The number of carbonyl (C=O) groups excluding carboxylic acids is 1. The van der Waals surface area contributed by atoms with Crippen molar-refractivity contribution in [2.24, 2.45) is 0 Å². The molecule has 2 aromatic carbocycles. The molecule has 6 heteroatoms. The lowest BCUT2D eigenvalue weighted by molar-refractivity contribution is -0.194. The Kier molecular flexibility index (Phi) is 6.51. The van der Waals surface area contributed by atoms with Gasteiger partial charge in [0.25, 0.3) is 5.91 Å². The van der Waals surface area contributed by atoms with E-state index in [9.17, 15) is 15.0 Å². The Morgan fingerprint density at radius 1 is 1.08 bits per heavy atom. The van der Waals surface area contributed by atoms with Crippen molar-refractivity contribution in [1.29, 1.82) is 0 Å². The fourth-order valence-electron chi connectivity index (χ4n) is 2.13. The maximum absolute atomic E-state index is 11.8. The van der Waals surface area contributed by atoms with Crippen molar-refractivity contribution in [2.45, 2.75) is 25.8 Å². The van der Waals surface area contributed by atoms with Gasteiger partial charge in [0, 0.05) is 29.5 Å². The van der Waals surface area contributed by atoms with E-state index in [1.807, 2.05) is 31.2 Å². The maximum atomic E-state index is 11.8. The van der Waals surface area contributed by atoms with E-state index in [2.05, 4.69) is 26.6 Å². The van der Waals surface area contributed by atoms with Gasteiger partial charge < -0.3 is 15.5 Å². The number of halogens is 1. The van der Waals surface area contributed by atoms with Gasteiger partial charge in [-0.15, -0.1) is 0 Å². The fraction of sp³-hybridized carbons (Fsp3) is 0.278. The van der Waals surface area contributed by atoms with Crippen LogP contribution in [0.15, 0.2) is 53.0 Å². The molecule has 128 valence electrons. The number of aliphatic hydroxyl groups is 2. The summed E-state index contributed by atoms with van der Waals surface area (Å²) in [6.45, 7) is 2.60. The highest BCUT2D eigenvalue weighted by molar-refractivity contribution is 9.10. The van der Waals surface area contributed by atoms with Crippen molar-refractivity contribution in [3.63, 3.8) is 0 Å². The average molecular weight is 393 g/mol. The molecule has 1 amide bonds. The number of hydrogen-bond acceptors (Lipinski definition) is 4. The van der Waals surface area contributed by atoms with Crippen molar-refractivity contribution >= 4 is 21.8 Å². The zero-order chi connectivity index (χ0) is 17.6. The highest BCUT2D eigenvalue weighted by Gasteiger charge is 2.24. The predicted octanol–water partition coefficient (Wildman–Crippen LogP) is 2.15. The molecule has 0 heterocycles. The van der Waals surface area contributed by atoms with Crippen LogP contribution in [0.4, 0.5) is 0 Å². The molecule has 0 saturated heterocycles. The van der Waals surface area contributed by atoms with Crippen molar-refractivity contribution in [3.8, 4) is 0 Å². The minimum atomic E-state index is -2.17. The van der Waals surface area contributed by atoms with Gasteiger partial charge >= 0.3 is 0 Å². The van der Waals surface area contributed by atoms with Crippen molar-refractivity contribution in [1.82, 2.24) is 10.6 Å². The van der Waals surface area contributed by atoms with Gasteiger partial charge in [-0.25, -0.2) is 0 Å². The predicted molar refractivity (Wildman–Crippen MR) is 95.9 cm³/mol. The van der Waals surface area contributed by atoms with Gasteiger partial charge in [-0.1, -0.05) is 57.9 Å². The molecule has 0 saturated carbocycles. The van der Waals surface area contributed by atoms with Gasteiger partial charge in [0.05, 0.1) is 0 Å². The van der Waals surface area contributed by atoms with E-state index in [0.717, 1.165) is 10.0 Å². The summed E-state index contributed by atoms with van der Waals surface area (Å²) in [5.41, 5.74) is 2.51. The molecule has 0 spiro atoms. The molecule has 2 aromatic rings. The molecule has 2 rings (SSSR count). The van der Waals surface area contributed by atoms with E-state index in [0.29, 0.717) is 12.1 Å². The van der Waals surface area contributed by atoms with E-state index in [-0.39, 0.29) is 18.9 Å². The maximum Gasteiger partial charge on any atom is 0.250 e. The van der Waals surface area contributed by atoms with Gasteiger partial charge in [0.1, 0.15) is 0 Å². The number of benzene rings is 2. The summed E-state index contributed by atoms with van der Waals surface area (Å²) in [6, 6.07) is 14.5. The highest BCUT2D eigenvalue weighted by Crippen LogP contribution is 2.18. The van der Waals surface area contributed by atoms with Crippen molar-refractivity contribution in [2.75, 3.05) is 6.54 Å². The summed E-state index contributed by atoms with van der Waals surface area (Å²) >= 11 is 3.29. The summed E-state index contributed by atoms with van der Waals surface area (Å²) < 4.78 is 0.845. The van der Waals surface area contributed by atoms with Crippen molar-refractivity contribution < 1.29 is 15.0 Å². The minimum absolute atomic E-state index is 0.142. The lowest BCUT2D eigenvalue weighted by atomic mass is 10.1. The molecule has 0 radical (unpaired) electrons. The zero-order valence-corrected chi connectivity index (χ0v) is 15.0. The zero-order valence-electron chi connectivity index (χ0n) is 13.4. The first kappa shape index (κ1) is 18.6. The quantitative estimate of drug-likeness (QED) is 0.544. The summed E-state index contributed by atoms with van der Waals surface area (Å²) in [7, 11) is 0. The first-order valence-corrected chi connectivity index (χ1v) is 8.44. The Bertz CT molecular complexity index is 670. The van der Waals surface area contributed by atoms with E-state index in [1.165, 1.54) is 5.56 Å². The monoisotopic (exact) mass is 392 g/mol. The topological polar surface area (TPSA) is 81.6 Å². The summed E-state index contributed by atoms with van der Waals surface area (Å²) in [4.78, 5) is 11.8. The first-order chi connectivity index (χ1) is 11.4. The Balaban J connectivity index is 1.75. The summed E-state index contributed by atoms with van der Waals surface area (Å²) in [6.07, 6.45) is 0.144. The number of aryl methyl sites for hydroxylation is 1. The number of carbonyl (C=O) groups is 1. The van der Waals surface area contributed by atoms with E-state index < -0.39 is 5.91 Å². The second kappa shape index (κ2) is 8.39. The normalized spacial score (nSPS) is 11.3. The molecule has 0 fully saturated rings. The van der Waals surface area contributed by atoms with Gasteiger partial charge in [-0.05, 0) is 24.6 Å². The van der Waals surface area contributed by atoms with Crippen LogP contribution in [0, 0.1) is 6.92 Å². The standard InChI is InChI=1S/C18H21BrN2O3/c1-13-2-4-14(5-3-13)12-20-17(22)10-11-21-18(23,24)15-6-8-16(19)9-7-15/h2-9,21,23-24H,10-12H2,1H3,(H,20,22). The van der Waals surface area contributed by atoms with Gasteiger partial charge in [-0.3, -0.25) is 10.1 Å². The third kappa shape index (κ3) is 5.72. The second-order valence-electron chi connectivity index (χ2n) is 5.62. The second-order valence-corrected chi connectivity index (χ2v) is 6.53. The molecule has 24 heavy (non-hydrogen) atoms. The largest absolute Gasteiger partial charge is 0.352 e. The third-order valence-electron chi connectivity index (χ3n) is 3.58. The smallest absolute Gasteiger partial charge is 0.250 e. The molecular weight excluding hydrogens is 372 g/mol. The number of rotatable bonds is 7. The highest BCUT2D eigenvalue weighted by atomic mass is 79.9. The number of hydrogen-bond donors (Lipinski definition) is 4. The van der Waals surface area contributed by atoms with Crippen LogP contribution in [0.5, 0.6) is 0 Å². The molecule has 0 aliphatic rings. The van der Waals surface area contributed by atoms with Gasteiger partial charge in [0.2, 0.25) is 5.91 Å². The van der Waals surface area contributed by atoms with Gasteiger partial charge in [-0.2, -0.15) is 0 Å². The van der Waals surface area contributed by atoms with Crippen LogP contribution >= 0.6 is 15.9 Å². The van der Waals surface area contributed by atoms with Crippen LogP contribution in [-0.2, 0) is 17.3 Å². The molecule has 0 bridgehead atoms. The van der Waals surface area contributed by atoms with Crippen LogP contribution in [0.2, 0.25) is 0 Å². The van der Waals surface area contributed by atoms with Crippen molar-refractivity contribution in [3.05, 3.63) is 69.7 Å². The lowest BCUT2D eigenvalue weighted by Crippen LogP contribution is -2.43. The van der Waals surface area contributed by atoms with Crippen LogP contribution in [0.25, 0.3) is 0 Å². The van der Waals surface area contributed by atoms with Crippen LogP contribution < -0.4 is 10.6 Å². The lowest BCUT2D eigenvalue weighted by Gasteiger charge is -2.23. The molecule has 4 N–H and O–H groups in total. The minimum Gasteiger partial charge on any atom is -0.352 e. The summed E-state index contributed by atoms with van der Waals surface area (Å²) in [5.74, 6) is -2.33. The molecule has 0 unspecified atom stereocenters. The molecule has 5 nitrogen and oxygen atoms in total. The first-order valence-electron chi connectivity index (χ1n) is 7.65. The SMILES string of the molecule is Cc1ccc(CNC(=O)CCNC(O)(O)c2ccc(Br)cc2)cc1. The van der Waals surface area contributed by atoms with Gasteiger partial charge in [0.15, 0.2) is 0 Å². The number of amides is 1. The van der Waals surface area contributed by atoms with E-state index in [4.69, 9.17) is 0 Å². The van der Waals surface area contributed by atoms with Crippen LogP contribution in [0.3, 0.4) is 0 Å². The fourth-order valence-corrected chi connectivity index (χ4v) is 2.39. The molecule has 0 aliphatic heterocycles. The van der Waals surface area contributed by atoms with Crippen LogP contribution in [0.1, 0.15) is 23.1 Å². The molecular formula is C18H21BrN2O3. The third-order valence-corrected chi connectivity index (χ3v) is 4.11. The average Bonchev–Trinajstić information content (AvgIpc) is 2.54. The summed E-state index contributed by atoms with van der Waals surface area (Å²) in [5, 5.41) is 25.4. The van der Waals surface area contributed by atoms with E-state index in [1.54, 1.807) is 24.3 Å². The molecule has 0 aromatic heterocycles. The number of nitrogens with one attached hydrogen (secondary N) is 2. The van der Waals surface area contributed by atoms with E-state index >= 15 is 0 Å². The Hall–Kier alpha value is -1.73.